The lowest BCUT2D eigenvalue weighted by atomic mass is 9.96. The van der Waals surface area contributed by atoms with Crippen LogP contribution in [0.2, 0.25) is 0 Å². The first kappa shape index (κ1) is 21.7. The smallest absolute Gasteiger partial charge is 0.336 e. The summed E-state index contributed by atoms with van der Waals surface area (Å²) in [6, 6.07) is 10.5. The van der Waals surface area contributed by atoms with Gasteiger partial charge in [-0.25, -0.2) is 9.18 Å². The molecule has 1 saturated heterocycles. The number of benzene rings is 2. The minimum atomic E-state index is -0.487. The van der Waals surface area contributed by atoms with Crippen LogP contribution in [0.3, 0.4) is 0 Å². The number of fused-ring (bicyclic) bond motifs is 1. The van der Waals surface area contributed by atoms with Crippen molar-refractivity contribution in [2.45, 2.75) is 33.3 Å². The number of hydrogen-bond donors (Lipinski definition) is 0. The van der Waals surface area contributed by atoms with Crippen LogP contribution in [-0.4, -0.2) is 29.9 Å². The van der Waals surface area contributed by atoms with E-state index in [4.69, 9.17) is 9.15 Å². The Morgan fingerprint density at radius 2 is 1.72 bits per heavy atom. The highest BCUT2D eigenvalue weighted by molar-refractivity contribution is 5.94. The van der Waals surface area contributed by atoms with Crippen LogP contribution in [0.4, 0.5) is 4.39 Å². The van der Waals surface area contributed by atoms with E-state index in [1.807, 2.05) is 26.0 Å². The number of esters is 1. The molecule has 4 rings (SSSR count). The van der Waals surface area contributed by atoms with Gasteiger partial charge in [-0.2, -0.15) is 0 Å². The molecule has 1 aliphatic heterocycles. The van der Waals surface area contributed by atoms with Crippen LogP contribution in [0.15, 0.2) is 51.7 Å². The third-order valence-electron chi connectivity index (χ3n) is 6.02. The first-order valence-corrected chi connectivity index (χ1v) is 10.6. The quantitative estimate of drug-likeness (QED) is 0.453. The monoisotopic (exact) mass is 437 g/mol. The molecule has 0 unspecified atom stereocenters. The highest BCUT2D eigenvalue weighted by Gasteiger charge is 2.29. The van der Waals surface area contributed by atoms with E-state index in [9.17, 15) is 18.8 Å². The van der Waals surface area contributed by atoms with Gasteiger partial charge in [0, 0.05) is 35.7 Å². The molecule has 1 fully saturated rings. The number of likely N-dealkylation sites (tertiary alicyclic amines) is 1. The molecule has 166 valence electrons. The predicted octanol–water partition coefficient (Wildman–Crippen LogP) is 4.14. The summed E-state index contributed by atoms with van der Waals surface area (Å²) in [5, 5.41) is 0.750. The molecule has 3 aromatic rings. The van der Waals surface area contributed by atoms with E-state index in [1.165, 1.54) is 30.3 Å². The van der Waals surface area contributed by atoms with Gasteiger partial charge < -0.3 is 14.1 Å². The van der Waals surface area contributed by atoms with Crippen LogP contribution in [-0.2, 0) is 16.1 Å². The molecule has 0 aliphatic carbocycles. The number of amides is 1. The predicted molar refractivity (Wildman–Crippen MR) is 117 cm³/mol. The van der Waals surface area contributed by atoms with Gasteiger partial charge in [-0.1, -0.05) is 0 Å². The summed E-state index contributed by atoms with van der Waals surface area (Å²) in [6.07, 6.45) is 0.976. The van der Waals surface area contributed by atoms with Crippen molar-refractivity contribution in [2.75, 3.05) is 13.1 Å². The second-order valence-electron chi connectivity index (χ2n) is 8.20. The van der Waals surface area contributed by atoms with Crippen LogP contribution in [0, 0.1) is 25.6 Å². The average Bonchev–Trinajstić information content (AvgIpc) is 2.78. The lowest BCUT2D eigenvalue weighted by Crippen LogP contribution is -2.40. The molecule has 0 bridgehead atoms. The van der Waals surface area contributed by atoms with E-state index >= 15 is 0 Å². The topological polar surface area (TPSA) is 76.8 Å². The molecular weight excluding hydrogens is 413 g/mol. The highest BCUT2D eigenvalue weighted by Crippen LogP contribution is 2.24. The Bertz CT molecular complexity index is 1220. The van der Waals surface area contributed by atoms with Crippen LogP contribution in [0.1, 0.15) is 39.9 Å². The van der Waals surface area contributed by atoms with Crippen molar-refractivity contribution in [2.24, 2.45) is 5.92 Å². The Balaban J connectivity index is 1.38. The Labute approximate surface area is 184 Å². The molecular formula is C25H24FNO5. The lowest BCUT2D eigenvalue weighted by molar-refractivity contribution is -0.151. The third-order valence-corrected chi connectivity index (χ3v) is 6.02. The van der Waals surface area contributed by atoms with Crippen molar-refractivity contribution in [1.82, 2.24) is 4.90 Å². The van der Waals surface area contributed by atoms with E-state index in [1.54, 1.807) is 4.90 Å². The number of piperidine rings is 1. The van der Waals surface area contributed by atoms with Gasteiger partial charge in [0.05, 0.1) is 5.92 Å². The first-order valence-electron chi connectivity index (χ1n) is 10.6. The molecule has 0 radical (unpaired) electrons. The minimum absolute atomic E-state index is 0.0157. The number of ether oxygens (including phenoxy) is 1. The zero-order valence-corrected chi connectivity index (χ0v) is 18.0. The molecule has 0 N–H and O–H groups in total. The summed E-state index contributed by atoms with van der Waals surface area (Å²) in [6.45, 7) is 4.74. The van der Waals surface area contributed by atoms with E-state index in [2.05, 4.69) is 0 Å². The Hall–Kier alpha value is -3.48. The second-order valence-corrected chi connectivity index (χ2v) is 8.20. The summed E-state index contributed by atoms with van der Waals surface area (Å²) in [5.74, 6) is -1.23. The minimum Gasteiger partial charge on any atom is -0.461 e. The van der Waals surface area contributed by atoms with Gasteiger partial charge in [0.15, 0.2) is 0 Å². The van der Waals surface area contributed by atoms with Crippen molar-refractivity contribution in [3.63, 3.8) is 0 Å². The standard InChI is InChI=1S/C25H24FNO5/c1-15-11-21-19(13-23(28)32-22(21)12-16(15)2)14-31-25(30)18-7-9-27(10-8-18)24(29)17-3-5-20(26)6-4-17/h3-6,11-13,18H,7-10,14H2,1-2H3. The molecule has 1 amide bonds. The maximum atomic E-state index is 13.1. The molecule has 7 heteroatoms. The van der Waals surface area contributed by atoms with Crippen LogP contribution >= 0.6 is 0 Å². The SMILES string of the molecule is Cc1cc2oc(=O)cc(COC(=O)C3CCN(C(=O)c4ccc(F)cc4)CC3)c2cc1C. The highest BCUT2D eigenvalue weighted by atomic mass is 19.1. The summed E-state index contributed by atoms with van der Waals surface area (Å²) >= 11 is 0. The molecule has 6 nitrogen and oxygen atoms in total. The Kier molecular flexibility index (Phi) is 6.08. The summed E-state index contributed by atoms with van der Waals surface area (Å²) in [7, 11) is 0. The number of hydrogen-bond acceptors (Lipinski definition) is 5. The number of carbonyl (C=O) groups is 2. The normalized spacial score (nSPS) is 14.5. The third kappa shape index (κ3) is 4.56. The molecule has 1 aliphatic rings. The van der Waals surface area contributed by atoms with E-state index in [0.29, 0.717) is 42.6 Å². The first-order chi connectivity index (χ1) is 15.3. The van der Waals surface area contributed by atoms with E-state index in [0.717, 1.165) is 16.5 Å². The van der Waals surface area contributed by atoms with Crippen molar-refractivity contribution in [3.8, 4) is 0 Å². The van der Waals surface area contributed by atoms with Gasteiger partial charge in [-0.3, -0.25) is 9.59 Å². The Morgan fingerprint density at radius 1 is 1.06 bits per heavy atom. The maximum Gasteiger partial charge on any atom is 0.336 e. The zero-order chi connectivity index (χ0) is 22.8. The van der Waals surface area contributed by atoms with Gasteiger partial charge in [0.1, 0.15) is 18.0 Å². The molecule has 0 saturated carbocycles. The molecule has 2 aromatic carbocycles. The molecule has 1 aromatic heterocycles. The van der Waals surface area contributed by atoms with Crippen molar-refractivity contribution in [1.29, 1.82) is 0 Å². The van der Waals surface area contributed by atoms with Crippen molar-refractivity contribution >= 4 is 22.8 Å². The van der Waals surface area contributed by atoms with Gasteiger partial charge in [0.25, 0.3) is 5.91 Å². The molecule has 2 heterocycles. The summed E-state index contributed by atoms with van der Waals surface area (Å²) < 4.78 is 23.9. The average molecular weight is 437 g/mol. The number of carbonyl (C=O) groups excluding carboxylic acids is 2. The fourth-order valence-electron chi connectivity index (χ4n) is 3.96. The number of nitrogens with zero attached hydrogens (tertiary/aromatic N) is 1. The van der Waals surface area contributed by atoms with Crippen LogP contribution in [0.25, 0.3) is 11.0 Å². The van der Waals surface area contributed by atoms with Crippen molar-refractivity contribution in [3.05, 3.63) is 81.0 Å². The zero-order valence-electron chi connectivity index (χ0n) is 18.0. The largest absolute Gasteiger partial charge is 0.461 e. The van der Waals surface area contributed by atoms with E-state index < -0.39 is 11.4 Å². The number of aryl methyl sites for hydroxylation is 2. The Morgan fingerprint density at radius 3 is 2.41 bits per heavy atom. The lowest BCUT2D eigenvalue weighted by Gasteiger charge is -2.31. The van der Waals surface area contributed by atoms with Crippen LogP contribution in [0.5, 0.6) is 0 Å². The second kappa shape index (κ2) is 8.94. The fraction of sp³-hybridized carbons (Fsp3) is 0.320. The number of halogens is 1. The van der Waals surface area contributed by atoms with Crippen molar-refractivity contribution < 1.29 is 23.1 Å². The summed E-state index contributed by atoms with van der Waals surface area (Å²) in [4.78, 5) is 38.8. The molecule has 32 heavy (non-hydrogen) atoms. The number of rotatable bonds is 4. The van der Waals surface area contributed by atoms with Crippen LogP contribution < -0.4 is 5.63 Å². The van der Waals surface area contributed by atoms with E-state index in [-0.39, 0.29) is 24.4 Å². The fourth-order valence-corrected chi connectivity index (χ4v) is 3.96. The molecule has 0 atom stereocenters. The van der Waals surface area contributed by atoms with Gasteiger partial charge in [-0.05, 0) is 74.2 Å². The van der Waals surface area contributed by atoms with Gasteiger partial charge in [-0.15, -0.1) is 0 Å². The summed E-state index contributed by atoms with van der Waals surface area (Å²) in [5.41, 5.74) is 3.08. The maximum absolute atomic E-state index is 13.1. The molecule has 0 spiro atoms. The van der Waals surface area contributed by atoms with Gasteiger partial charge in [0.2, 0.25) is 0 Å². The van der Waals surface area contributed by atoms with Gasteiger partial charge >= 0.3 is 11.6 Å².